The maximum absolute atomic E-state index is 12.9. The summed E-state index contributed by atoms with van der Waals surface area (Å²) in [4.78, 5) is 38.4. The summed E-state index contributed by atoms with van der Waals surface area (Å²) in [7, 11) is 0. The molecule has 0 saturated carbocycles. The zero-order valence-corrected chi connectivity index (χ0v) is 18.9. The number of benzene rings is 2. The van der Waals surface area contributed by atoms with Crippen molar-refractivity contribution >= 4 is 68.1 Å². The fraction of sp³-hybridized carbons (Fsp3) is 0.0952. The van der Waals surface area contributed by atoms with Crippen LogP contribution in [0.2, 0.25) is 0 Å². The molecule has 146 valence electrons. The first-order valence-electron chi connectivity index (χ1n) is 8.35. The fourth-order valence-electron chi connectivity index (χ4n) is 2.67. The van der Waals surface area contributed by atoms with Gasteiger partial charge in [0.1, 0.15) is 17.9 Å². The number of terminal acetylenes is 1. The summed E-state index contributed by atoms with van der Waals surface area (Å²) in [6.07, 6.45) is 6.66. The van der Waals surface area contributed by atoms with Crippen molar-refractivity contribution < 1.29 is 19.1 Å². The van der Waals surface area contributed by atoms with Gasteiger partial charge in [0, 0.05) is 0 Å². The van der Waals surface area contributed by atoms with E-state index < -0.39 is 17.8 Å². The molecule has 0 bridgehead atoms. The van der Waals surface area contributed by atoms with Crippen LogP contribution < -0.4 is 15.0 Å². The minimum atomic E-state index is -0.783. The summed E-state index contributed by atoms with van der Waals surface area (Å²) in [6.45, 7) is 2.01. The second-order valence-electron chi connectivity index (χ2n) is 6.10. The molecule has 1 saturated heterocycles. The number of halogens is 2. The van der Waals surface area contributed by atoms with Crippen LogP contribution in [0.3, 0.4) is 0 Å². The van der Waals surface area contributed by atoms with Gasteiger partial charge < -0.3 is 4.74 Å². The van der Waals surface area contributed by atoms with Crippen LogP contribution in [0.1, 0.15) is 11.1 Å². The van der Waals surface area contributed by atoms with Crippen molar-refractivity contribution in [3.63, 3.8) is 0 Å². The molecular weight excluding hydrogens is 551 g/mol. The van der Waals surface area contributed by atoms with Crippen molar-refractivity contribution in [2.24, 2.45) is 0 Å². The van der Waals surface area contributed by atoms with Gasteiger partial charge >= 0.3 is 6.03 Å². The van der Waals surface area contributed by atoms with Gasteiger partial charge in [0.2, 0.25) is 0 Å². The summed E-state index contributed by atoms with van der Waals surface area (Å²) in [5, 5.41) is 2.21. The number of aryl methyl sites for hydroxylation is 1. The number of anilines is 1. The first-order valence-corrected chi connectivity index (χ1v) is 10.2. The van der Waals surface area contributed by atoms with E-state index in [1.807, 2.05) is 6.92 Å². The van der Waals surface area contributed by atoms with E-state index in [1.54, 1.807) is 36.4 Å². The highest BCUT2D eigenvalue weighted by atomic mass is 127. The number of nitrogens with one attached hydrogen (secondary N) is 1. The van der Waals surface area contributed by atoms with E-state index >= 15 is 0 Å². The number of urea groups is 1. The van der Waals surface area contributed by atoms with Gasteiger partial charge in [0.25, 0.3) is 11.8 Å². The zero-order valence-electron chi connectivity index (χ0n) is 15.2. The van der Waals surface area contributed by atoms with Gasteiger partial charge in [0.15, 0.2) is 0 Å². The van der Waals surface area contributed by atoms with Crippen LogP contribution >= 0.6 is 38.5 Å². The fourth-order valence-corrected chi connectivity index (χ4v) is 4.44. The Bertz CT molecular complexity index is 1060. The minimum Gasteiger partial charge on any atom is -0.479 e. The largest absolute Gasteiger partial charge is 0.479 e. The van der Waals surface area contributed by atoms with Crippen molar-refractivity contribution in [2.75, 3.05) is 11.5 Å². The molecule has 1 heterocycles. The Balaban J connectivity index is 1.98. The number of barbiturate groups is 1. The Morgan fingerprint density at radius 2 is 1.93 bits per heavy atom. The lowest BCUT2D eigenvalue weighted by atomic mass is 10.1. The number of carbonyl (C=O) groups excluding carboxylic acids is 3. The van der Waals surface area contributed by atoms with E-state index in [9.17, 15) is 14.4 Å². The molecule has 1 aliphatic rings. The van der Waals surface area contributed by atoms with E-state index in [0.717, 1.165) is 14.0 Å². The lowest BCUT2D eigenvalue weighted by Crippen LogP contribution is -2.54. The van der Waals surface area contributed by atoms with Crippen molar-refractivity contribution in [1.29, 1.82) is 0 Å². The third kappa shape index (κ3) is 4.52. The zero-order chi connectivity index (χ0) is 21.1. The van der Waals surface area contributed by atoms with Crippen LogP contribution in [-0.4, -0.2) is 24.5 Å². The average Bonchev–Trinajstić information content (AvgIpc) is 2.66. The third-order valence-corrected chi connectivity index (χ3v) is 5.42. The minimum absolute atomic E-state index is 0.115. The van der Waals surface area contributed by atoms with Gasteiger partial charge in [0.05, 0.1) is 13.7 Å². The summed E-state index contributed by atoms with van der Waals surface area (Å²) >= 11 is 5.48. The first kappa shape index (κ1) is 21.1. The van der Waals surface area contributed by atoms with E-state index in [-0.39, 0.29) is 12.2 Å². The van der Waals surface area contributed by atoms with Gasteiger partial charge in [-0.25, -0.2) is 9.69 Å². The molecule has 0 radical (unpaired) electrons. The number of amides is 4. The van der Waals surface area contributed by atoms with Gasteiger partial charge in [-0.05, 0) is 81.3 Å². The van der Waals surface area contributed by atoms with Crippen LogP contribution in [0, 0.1) is 22.8 Å². The summed E-state index contributed by atoms with van der Waals surface area (Å²) in [5.74, 6) is 1.53. The van der Waals surface area contributed by atoms with Crippen LogP contribution in [0.5, 0.6) is 5.75 Å². The SMILES string of the molecule is C#CCOc1c(Br)cc(/C=C2\C(=O)NC(=O)N(c3ccc(C)cc3)C2=O)cc1I. The molecule has 8 heteroatoms. The third-order valence-electron chi connectivity index (χ3n) is 4.03. The smallest absolute Gasteiger partial charge is 0.335 e. The Labute approximate surface area is 189 Å². The molecule has 6 nitrogen and oxygen atoms in total. The molecule has 1 aliphatic heterocycles. The number of carbonyl (C=O) groups is 3. The summed E-state index contributed by atoms with van der Waals surface area (Å²) < 4.78 is 6.86. The van der Waals surface area contributed by atoms with Crippen LogP contribution in [0.4, 0.5) is 10.5 Å². The normalized spacial score (nSPS) is 15.3. The Kier molecular flexibility index (Phi) is 6.39. The number of imide groups is 2. The highest BCUT2D eigenvalue weighted by molar-refractivity contribution is 14.1. The molecule has 1 fully saturated rings. The average molecular weight is 565 g/mol. The van der Waals surface area contributed by atoms with Gasteiger partial charge in [-0.3, -0.25) is 14.9 Å². The predicted molar refractivity (Wildman–Crippen MR) is 121 cm³/mol. The molecular formula is C21H14BrIN2O4. The highest BCUT2D eigenvalue weighted by Crippen LogP contribution is 2.33. The number of nitrogens with zero attached hydrogens (tertiary/aromatic N) is 1. The van der Waals surface area contributed by atoms with Gasteiger partial charge in [-0.1, -0.05) is 23.6 Å². The molecule has 0 unspecified atom stereocenters. The van der Waals surface area contributed by atoms with E-state index in [1.165, 1.54) is 6.08 Å². The quantitative estimate of drug-likeness (QED) is 0.263. The molecule has 4 amide bonds. The molecule has 1 N–H and O–H groups in total. The van der Waals surface area contributed by atoms with Gasteiger partial charge in [-0.2, -0.15) is 0 Å². The number of ether oxygens (including phenoxy) is 1. The number of hydrogen-bond acceptors (Lipinski definition) is 4. The highest BCUT2D eigenvalue weighted by Gasteiger charge is 2.36. The lowest BCUT2D eigenvalue weighted by Gasteiger charge is -2.26. The molecule has 2 aromatic rings. The first-order chi connectivity index (χ1) is 13.8. The number of hydrogen-bond donors (Lipinski definition) is 1. The van der Waals surface area contributed by atoms with Gasteiger partial charge in [-0.15, -0.1) is 6.42 Å². The Morgan fingerprint density at radius 1 is 1.24 bits per heavy atom. The van der Waals surface area contributed by atoms with E-state index in [0.29, 0.717) is 21.5 Å². The second-order valence-corrected chi connectivity index (χ2v) is 8.12. The van der Waals surface area contributed by atoms with Crippen LogP contribution in [0.25, 0.3) is 6.08 Å². The van der Waals surface area contributed by atoms with Crippen molar-refractivity contribution in [3.05, 3.63) is 61.1 Å². The lowest BCUT2D eigenvalue weighted by molar-refractivity contribution is -0.122. The molecule has 0 aromatic heterocycles. The summed E-state index contributed by atoms with van der Waals surface area (Å²) in [5.41, 5.74) is 1.80. The standard InChI is InChI=1S/C21H14BrIN2O4/c1-3-8-29-18-16(22)10-13(11-17(18)23)9-15-19(26)24-21(28)25(20(15)27)14-6-4-12(2)5-7-14/h1,4-7,9-11H,8H2,2H3,(H,24,26,28)/b15-9+. The molecule has 0 aliphatic carbocycles. The summed E-state index contributed by atoms with van der Waals surface area (Å²) in [6, 6.07) is 9.53. The van der Waals surface area contributed by atoms with Crippen molar-refractivity contribution in [1.82, 2.24) is 5.32 Å². The second kappa shape index (κ2) is 8.80. The van der Waals surface area contributed by atoms with E-state index in [2.05, 4.69) is 49.8 Å². The maximum atomic E-state index is 12.9. The molecule has 3 rings (SSSR count). The predicted octanol–water partition coefficient (Wildman–Crippen LogP) is 4.04. The maximum Gasteiger partial charge on any atom is 0.335 e. The molecule has 0 atom stereocenters. The van der Waals surface area contributed by atoms with Crippen LogP contribution in [-0.2, 0) is 9.59 Å². The monoisotopic (exact) mass is 564 g/mol. The van der Waals surface area contributed by atoms with E-state index in [4.69, 9.17) is 11.2 Å². The number of rotatable bonds is 4. The van der Waals surface area contributed by atoms with Crippen LogP contribution in [0.15, 0.2) is 46.4 Å². The molecule has 29 heavy (non-hydrogen) atoms. The topological polar surface area (TPSA) is 75.7 Å². The molecule has 2 aromatic carbocycles. The Hall–Kier alpha value is -2.64. The van der Waals surface area contributed by atoms with Crippen molar-refractivity contribution in [3.8, 4) is 18.1 Å². The van der Waals surface area contributed by atoms with Crippen molar-refractivity contribution in [2.45, 2.75) is 6.92 Å². The Morgan fingerprint density at radius 3 is 2.55 bits per heavy atom. The molecule has 0 spiro atoms.